The molecule has 2 rings (SSSR count). The fraction of sp³-hybridized carbons (Fsp3) is 0.412. The number of rotatable bonds is 7. The molecular weight excluding hydrogens is 284 g/mol. The van der Waals surface area contributed by atoms with Crippen molar-refractivity contribution in [3.8, 4) is 0 Å². The molecule has 3 nitrogen and oxygen atoms in total. The van der Waals surface area contributed by atoms with E-state index in [1.54, 1.807) is 0 Å². The Bertz CT molecular complexity index is 550. The molecule has 1 heterocycles. The van der Waals surface area contributed by atoms with E-state index in [2.05, 4.69) is 49.3 Å². The van der Waals surface area contributed by atoms with Crippen molar-refractivity contribution < 1.29 is 4.42 Å². The van der Waals surface area contributed by atoms with Crippen LogP contribution in [0.25, 0.3) is 0 Å². The first-order valence-electron chi connectivity index (χ1n) is 7.34. The van der Waals surface area contributed by atoms with Crippen molar-refractivity contribution in [2.45, 2.75) is 33.0 Å². The summed E-state index contributed by atoms with van der Waals surface area (Å²) in [6, 6.07) is 12.4. The molecule has 0 aliphatic rings. The molecule has 0 spiro atoms. The van der Waals surface area contributed by atoms with Crippen LogP contribution in [0.1, 0.15) is 37.0 Å². The minimum absolute atomic E-state index is 0.310. The third-order valence-corrected chi connectivity index (χ3v) is 3.94. The molecule has 4 heteroatoms. The Balaban J connectivity index is 1.95. The summed E-state index contributed by atoms with van der Waals surface area (Å²) in [6.07, 6.45) is 0. The molecule has 1 unspecified atom stereocenters. The first-order chi connectivity index (χ1) is 10.1. The lowest BCUT2D eigenvalue weighted by atomic mass is 10.1. The van der Waals surface area contributed by atoms with Gasteiger partial charge in [0.2, 0.25) is 0 Å². The Kier molecular flexibility index (Phi) is 5.85. The van der Waals surface area contributed by atoms with Crippen LogP contribution in [0, 0.1) is 0 Å². The lowest BCUT2D eigenvalue weighted by molar-refractivity contribution is 0.230. The second kappa shape index (κ2) is 7.64. The van der Waals surface area contributed by atoms with Gasteiger partial charge in [0.15, 0.2) is 0 Å². The van der Waals surface area contributed by atoms with Crippen LogP contribution in [-0.4, -0.2) is 18.5 Å². The van der Waals surface area contributed by atoms with Crippen molar-refractivity contribution in [1.82, 2.24) is 10.2 Å². The summed E-state index contributed by atoms with van der Waals surface area (Å²) < 4.78 is 5.84. The average Bonchev–Trinajstić information content (AvgIpc) is 2.92. The highest BCUT2D eigenvalue weighted by Crippen LogP contribution is 2.22. The Labute approximate surface area is 131 Å². The third-order valence-electron chi connectivity index (χ3n) is 3.69. The van der Waals surface area contributed by atoms with Crippen LogP contribution in [0.3, 0.4) is 0 Å². The number of halogens is 1. The summed E-state index contributed by atoms with van der Waals surface area (Å²) in [7, 11) is 2.10. The second-order valence-corrected chi connectivity index (χ2v) is 5.73. The van der Waals surface area contributed by atoms with Gasteiger partial charge in [-0.2, -0.15) is 0 Å². The summed E-state index contributed by atoms with van der Waals surface area (Å²) in [4.78, 5) is 2.26. The smallest absolute Gasteiger partial charge is 0.118 e. The molecule has 0 saturated carbocycles. The highest BCUT2D eigenvalue weighted by Gasteiger charge is 2.13. The predicted octanol–water partition coefficient (Wildman–Crippen LogP) is 4.24. The van der Waals surface area contributed by atoms with E-state index >= 15 is 0 Å². The van der Waals surface area contributed by atoms with E-state index in [9.17, 15) is 0 Å². The molecule has 2 aromatic rings. The first kappa shape index (κ1) is 16.1. The van der Waals surface area contributed by atoms with Crippen molar-refractivity contribution in [2.24, 2.45) is 0 Å². The van der Waals surface area contributed by atoms with Crippen molar-refractivity contribution in [3.63, 3.8) is 0 Å². The Morgan fingerprint density at radius 2 is 1.81 bits per heavy atom. The zero-order valence-corrected chi connectivity index (χ0v) is 13.7. The predicted molar refractivity (Wildman–Crippen MR) is 87.4 cm³/mol. The van der Waals surface area contributed by atoms with Crippen LogP contribution in [0.5, 0.6) is 0 Å². The third kappa shape index (κ3) is 4.60. The van der Waals surface area contributed by atoms with Gasteiger partial charge in [-0.05, 0) is 50.3 Å². The number of furan rings is 1. The van der Waals surface area contributed by atoms with Gasteiger partial charge in [0.05, 0.1) is 13.1 Å². The van der Waals surface area contributed by atoms with Gasteiger partial charge in [0.25, 0.3) is 0 Å². The van der Waals surface area contributed by atoms with Gasteiger partial charge in [0.1, 0.15) is 11.5 Å². The molecule has 21 heavy (non-hydrogen) atoms. The van der Waals surface area contributed by atoms with Crippen molar-refractivity contribution in [3.05, 3.63) is 58.5 Å². The first-order valence-corrected chi connectivity index (χ1v) is 7.72. The normalized spacial score (nSPS) is 12.8. The molecule has 0 radical (unpaired) electrons. The van der Waals surface area contributed by atoms with Crippen LogP contribution >= 0.6 is 11.6 Å². The standard InChI is InChI=1S/C17H23ClN2O/c1-4-19-11-16-9-10-17(21-16)12-20(3)13(2)14-5-7-15(18)8-6-14/h5-10,13,19H,4,11-12H2,1-3H3. The monoisotopic (exact) mass is 306 g/mol. The van der Waals surface area contributed by atoms with Gasteiger partial charge in [-0.15, -0.1) is 0 Å². The Hall–Kier alpha value is -1.29. The summed E-state index contributed by atoms with van der Waals surface area (Å²) >= 11 is 5.94. The summed E-state index contributed by atoms with van der Waals surface area (Å²) in [5, 5.41) is 4.04. The molecule has 1 aromatic carbocycles. The fourth-order valence-electron chi connectivity index (χ4n) is 2.23. The Morgan fingerprint density at radius 3 is 2.48 bits per heavy atom. The van der Waals surface area contributed by atoms with Crippen LogP contribution in [-0.2, 0) is 13.1 Å². The highest BCUT2D eigenvalue weighted by molar-refractivity contribution is 6.30. The molecule has 1 atom stereocenters. The molecule has 0 bridgehead atoms. The maximum absolute atomic E-state index is 5.94. The number of benzene rings is 1. The molecule has 1 aromatic heterocycles. The maximum atomic E-state index is 5.94. The van der Waals surface area contributed by atoms with Gasteiger partial charge in [-0.3, -0.25) is 4.90 Å². The zero-order valence-electron chi connectivity index (χ0n) is 12.9. The fourth-order valence-corrected chi connectivity index (χ4v) is 2.36. The van der Waals surface area contributed by atoms with Crippen LogP contribution < -0.4 is 5.32 Å². The van der Waals surface area contributed by atoms with Gasteiger partial charge in [0, 0.05) is 11.1 Å². The zero-order chi connectivity index (χ0) is 15.2. The molecule has 0 aliphatic carbocycles. The lowest BCUT2D eigenvalue weighted by Gasteiger charge is -2.24. The summed E-state index contributed by atoms with van der Waals surface area (Å²) in [5.74, 6) is 1.98. The largest absolute Gasteiger partial charge is 0.463 e. The van der Waals surface area contributed by atoms with Gasteiger partial charge < -0.3 is 9.73 Å². The molecule has 0 aliphatic heterocycles. The number of hydrogen-bond acceptors (Lipinski definition) is 3. The minimum Gasteiger partial charge on any atom is -0.463 e. The van der Waals surface area contributed by atoms with Crippen LogP contribution in [0.2, 0.25) is 5.02 Å². The highest BCUT2D eigenvalue weighted by atomic mass is 35.5. The minimum atomic E-state index is 0.310. The van der Waals surface area contributed by atoms with E-state index in [-0.39, 0.29) is 0 Å². The van der Waals surface area contributed by atoms with Crippen molar-refractivity contribution >= 4 is 11.6 Å². The number of nitrogens with one attached hydrogen (secondary N) is 1. The van der Waals surface area contributed by atoms with Gasteiger partial charge in [-0.25, -0.2) is 0 Å². The van der Waals surface area contributed by atoms with Crippen molar-refractivity contribution in [1.29, 1.82) is 0 Å². The van der Waals surface area contributed by atoms with E-state index in [0.717, 1.165) is 36.2 Å². The van der Waals surface area contributed by atoms with E-state index < -0.39 is 0 Å². The maximum Gasteiger partial charge on any atom is 0.118 e. The van der Waals surface area contributed by atoms with Crippen LogP contribution in [0.15, 0.2) is 40.8 Å². The molecule has 1 N–H and O–H groups in total. The van der Waals surface area contributed by atoms with E-state index in [1.165, 1.54) is 5.56 Å². The molecular formula is C17H23ClN2O. The molecule has 114 valence electrons. The topological polar surface area (TPSA) is 28.4 Å². The number of hydrogen-bond donors (Lipinski definition) is 1. The second-order valence-electron chi connectivity index (χ2n) is 5.29. The summed E-state index contributed by atoms with van der Waals surface area (Å²) in [5.41, 5.74) is 1.25. The molecule has 0 amide bonds. The quantitative estimate of drug-likeness (QED) is 0.829. The molecule has 0 fully saturated rings. The number of nitrogens with zero attached hydrogens (tertiary/aromatic N) is 1. The average molecular weight is 307 g/mol. The summed E-state index contributed by atoms with van der Waals surface area (Å²) in [6.45, 7) is 6.80. The van der Waals surface area contributed by atoms with E-state index in [1.807, 2.05) is 18.2 Å². The van der Waals surface area contributed by atoms with Gasteiger partial charge in [-0.1, -0.05) is 30.7 Å². The van der Waals surface area contributed by atoms with Gasteiger partial charge >= 0.3 is 0 Å². The Morgan fingerprint density at radius 1 is 1.14 bits per heavy atom. The van der Waals surface area contributed by atoms with Crippen molar-refractivity contribution in [2.75, 3.05) is 13.6 Å². The SMILES string of the molecule is CCNCc1ccc(CN(C)C(C)c2ccc(Cl)cc2)o1. The molecule has 0 saturated heterocycles. The van der Waals surface area contributed by atoms with E-state index in [4.69, 9.17) is 16.0 Å². The van der Waals surface area contributed by atoms with Crippen LogP contribution in [0.4, 0.5) is 0 Å². The lowest BCUT2D eigenvalue weighted by Crippen LogP contribution is -2.21. The van der Waals surface area contributed by atoms with E-state index in [0.29, 0.717) is 6.04 Å².